The van der Waals surface area contributed by atoms with Crippen molar-refractivity contribution in [2.45, 2.75) is 45.8 Å². The van der Waals surface area contributed by atoms with Gasteiger partial charge in [0.05, 0.1) is 32.7 Å². The number of aryl methyl sites for hydroxylation is 1. The van der Waals surface area contributed by atoms with Crippen molar-refractivity contribution in [3.8, 4) is 5.75 Å². The highest BCUT2D eigenvalue weighted by Crippen LogP contribution is 2.35. The number of nitrogens with zero attached hydrogens (tertiary/aromatic N) is 3. The average molecular weight is 538 g/mol. The predicted molar refractivity (Wildman–Crippen MR) is 137 cm³/mol. The highest BCUT2D eigenvalue weighted by Gasteiger charge is 2.23. The first kappa shape index (κ1) is 26.0. The number of amides is 1. The zero-order chi connectivity index (χ0) is 26.0. The van der Waals surface area contributed by atoms with E-state index in [4.69, 9.17) is 16.3 Å². The van der Waals surface area contributed by atoms with Crippen LogP contribution in [0.5, 0.6) is 5.75 Å². The standard InChI is InChI=1S/C24H26ClF2N5O3S/c1-13-9-17(32-36(34)7-4-8-36)11-19-21(13)23(29-12-28-19)31-18-6-5-16(25)10-20(18)35-15(3)24(33)30-14(2)22(26)27/h5-6,9-12,14-15,22H,4,7-8H2,1-3H3,(H,30,33)(H,28,29,31)/t14?,15-/m1/s1. The van der Waals surface area contributed by atoms with Gasteiger partial charge >= 0.3 is 0 Å². The van der Waals surface area contributed by atoms with E-state index in [1.165, 1.54) is 26.2 Å². The van der Waals surface area contributed by atoms with Gasteiger partial charge in [0.2, 0.25) is 0 Å². The van der Waals surface area contributed by atoms with E-state index in [0.717, 1.165) is 17.4 Å². The summed E-state index contributed by atoms with van der Waals surface area (Å²) in [6.45, 7) is 4.56. The number of halogens is 3. The number of fused-ring (bicyclic) bond motifs is 1. The van der Waals surface area contributed by atoms with Gasteiger partial charge in [-0.3, -0.25) is 4.79 Å². The summed E-state index contributed by atoms with van der Waals surface area (Å²) < 4.78 is 48.4. The molecule has 1 amide bonds. The molecule has 4 rings (SSSR count). The van der Waals surface area contributed by atoms with Crippen molar-refractivity contribution in [2.75, 3.05) is 16.8 Å². The van der Waals surface area contributed by atoms with Gasteiger partial charge in [-0.1, -0.05) is 11.6 Å². The normalized spacial score (nSPS) is 16.2. The number of anilines is 2. The molecular formula is C24H26ClF2N5O3S. The summed E-state index contributed by atoms with van der Waals surface area (Å²) in [7, 11) is -2.16. The van der Waals surface area contributed by atoms with Gasteiger partial charge in [0, 0.05) is 28.0 Å². The Morgan fingerprint density at radius 3 is 2.61 bits per heavy atom. The number of nitrogens with one attached hydrogen (secondary N) is 2. The molecule has 1 aliphatic heterocycles. The zero-order valence-corrected chi connectivity index (χ0v) is 21.5. The molecule has 0 bridgehead atoms. The highest BCUT2D eigenvalue weighted by atomic mass is 35.5. The smallest absolute Gasteiger partial charge is 0.261 e. The SMILES string of the molecule is Cc1cc(N=S2(=O)CCC2)cc2ncnc(Nc3ccc(Cl)cc3O[C@H](C)C(=O)NC(C)C(F)F)c12. The summed E-state index contributed by atoms with van der Waals surface area (Å²) in [5.41, 5.74) is 2.54. The molecule has 8 nitrogen and oxygen atoms in total. The molecule has 2 aromatic carbocycles. The van der Waals surface area contributed by atoms with Crippen LogP contribution in [0.3, 0.4) is 0 Å². The van der Waals surface area contributed by atoms with Gasteiger partial charge in [0.1, 0.15) is 17.9 Å². The van der Waals surface area contributed by atoms with Crippen LogP contribution >= 0.6 is 11.6 Å². The van der Waals surface area contributed by atoms with Gasteiger partial charge in [-0.2, -0.15) is 4.36 Å². The quantitative estimate of drug-likeness (QED) is 0.400. The summed E-state index contributed by atoms with van der Waals surface area (Å²) in [6, 6.07) is 7.14. The Kier molecular flexibility index (Phi) is 7.60. The van der Waals surface area contributed by atoms with Crippen molar-refractivity contribution in [1.29, 1.82) is 0 Å². The summed E-state index contributed by atoms with van der Waals surface area (Å²) >= 11 is 6.15. The number of hydrogen-bond donors (Lipinski definition) is 2. The maximum absolute atomic E-state index is 12.8. The molecule has 1 unspecified atom stereocenters. The number of benzene rings is 2. The third kappa shape index (κ3) is 5.84. The van der Waals surface area contributed by atoms with Gasteiger partial charge in [-0.15, -0.1) is 0 Å². The first-order valence-electron chi connectivity index (χ1n) is 11.3. The van der Waals surface area contributed by atoms with Crippen molar-refractivity contribution in [3.63, 3.8) is 0 Å². The van der Waals surface area contributed by atoms with E-state index in [0.29, 0.717) is 39.2 Å². The van der Waals surface area contributed by atoms with Crippen LogP contribution in [-0.2, 0) is 14.5 Å². The lowest BCUT2D eigenvalue weighted by Crippen LogP contribution is -2.44. The fourth-order valence-corrected chi connectivity index (χ4v) is 5.29. The van der Waals surface area contributed by atoms with E-state index in [9.17, 15) is 17.8 Å². The lowest BCUT2D eigenvalue weighted by molar-refractivity contribution is -0.129. The summed E-state index contributed by atoms with van der Waals surface area (Å²) in [5, 5.41) is 6.53. The van der Waals surface area contributed by atoms with Gasteiger partial charge in [0.15, 0.2) is 6.10 Å². The molecular weight excluding hydrogens is 512 g/mol. The molecule has 1 aliphatic rings. The number of aromatic nitrogens is 2. The third-order valence-corrected chi connectivity index (χ3v) is 8.37. The fraction of sp³-hybridized carbons (Fsp3) is 0.375. The van der Waals surface area contributed by atoms with Crippen LogP contribution in [0, 0.1) is 6.92 Å². The summed E-state index contributed by atoms with van der Waals surface area (Å²) in [6.07, 6.45) is -1.44. The molecule has 2 heterocycles. The van der Waals surface area contributed by atoms with E-state index in [2.05, 4.69) is 25.0 Å². The Morgan fingerprint density at radius 2 is 1.94 bits per heavy atom. The molecule has 2 atom stereocenters. The molecule has 1 fully saturated rings. The van der Waals surface area contributed by atoms with Gasteiger partial charge in [-0.05, 0) is 57.0 Å². The number of carbonyl (C=O) groups is 1. The van der Waals surface area contributed by atoms with Crippen LogP contribution in [0.4, 0.5) is 26.0 Å². The Bertz CT molecular complexity index is 1420. The lowest BCUT2D eigenvalue weighted by Gasteiger charge is -2.20. The maximum atomic E-state index is 12.8. The average Bonchev–Trinajstić information content (AvgIpc) is 2.79. The molecule has 0 radical (unpaired) electrons. The zero-order valence-electron chi connectivity index (χ0n) is 19.9. The number of hydrogen-bond acceptors (Lipinski definition) is 7. The third-order valence-electron chi connectivity index (χ3n) is 5.74. The van der Waals surface area contributed by atoms with Gasteiger partial charge < -0.3 is 15.4 Å². The van der Waals surface area contributed by atoms with Gasteiger partial charge in [0.25, 0.3) is 12.3 Å². The van der Waals surface area contributed by atoms with Crippen LogP contribution in [0.2, 0.25) is 5.02 Å². The number of ether oxygens (including phenoxy) is 1. The monoisotopic (exact) mass is 537 g/mol. The van der Waals surface area contributed by atoms with Crippen LogP contribution in [0.25, 0.3) is 10.9 Å². The van der Waals surface area contributed by atoms with E-state index in [1.807, 2.05) is 13.0 Å². The first-order chi connectivity index (χ1) is 17.0. The summed E-state index contributed by atoms with van der Waals surface area (Å²) in [4.78, 5) is 21.0. The second-order valence-electron chi connectivity index (χ2n) is 8.66. The van der Waals surface area contributed by atoms with E-state index < -0.39 is 34.2 Å². The fourth-order valence-electron chi connectivity index (χ4n) is 3.67. The highest BCUT2D eigenvalue weighted by molar-refractivity contribution is 7.95. The topological polar surface area (TPSA) is 106 Å². The minimum absolute atomic E-state index is 0.243. The predicted octanol–water partition coefficient (Wildman–Crippen LogP) is 5.38. The first-order valence-corrected chi connectivity index (χ1v) is 13.6. The van der Waals surface area contributed by atoms with Crippen molar-refractivity contribution in [1.82, 2.24) is 15.3 Å². The van der Waals surface area contributed by atoms with Crippen molar-refractivity contribution >= 4 is 55.3 Å². The van der Waals surface area contributed by atoms with Crippen LogP contribution < -0.4 is 15.4 Å². The Morgan fingerprint density at radius 1 is 1.19 bits per heavy atom. The van der Waals surface area contributed by atoms with E-state index >= 15 is 0 Å². The second kappa shape index (κ2) is 10.5. The Labute approximate surface area is 213 Å². The second-order valence-corrected chi connectivity index (χ2v) is 11.6. The molecule has 0 aliphatic carbocycles. The molecule has 3 aromatic rings. The molecule has 36 heavy (non-hydrogen) atoms. The Hall–Kier alpha value is -3.05. The largest absolute Gasteiger partial charge is 0.479 e. The number of rotatable bonds is 8. The van der Waals surface area contributed by atoms with Crippen molar-refractivity contribution in [3.05, 3.63) is 47.2 Å². The molecule has 1 aromatic heterocycles. The number of alkyl halides is 2. The van der Waals surface area contributed by atoms with Crippen LogP contribution in [-0.4, -0.2) is 50.2 Å². The minimum Gasteiger partial charge on any atom is -0.479 e. The lowest BCUT2D eigenvalue weighted by atomic mass is 10.1. The van der Waals surface area contributed by atoms with Gasteiger partial charge in [-0.25, -0.2) is 23.0 Å². The summed E-state index contributed by atoms with van der Waals surface area (Å²) in [5.74, 6) is 1.26. The van der Waals surface area contributed by atoms with Crippen molar-refractivity contribution in [2.24, 2.45) is 4.36 Å². The molecule has 0 saturated carbocycles. The Balaban J connectivity index is 1.63. The number of carbonyl (C=O) groups excluding carboxylic acids is 1. The maximum Gasteiger partial charge on any atom is 0.261 e. The molecule has 0 spiro atoms. The van der Waals surface area contributed by atoms with Crippen molar-refractivity contribution < 1.29 is 22.5 Å². The molecule has 12 heteroatoms. The van der Waals surface area contributed by atoms with E-state index in [1.54, 1.807) is 18.2 Å². The van der Waals surface area contributed by atoms with E-state index in [-0.39, 0.29) is 5.75 Å². The molecule has 2 N–H and O–H groups in total. The van der Waals surface area contributed by atoms with Crippen LogP contribution in [0.1, 0.15) is 25.8 Å². The van der Waals surface area contributed by atoms with Crippen LogP contribution in [0.15, 0.2) is 41.0 Å². The molecule has 1 saturated heterocycles. The minimum atomic E-state index is -2.69. The molecule has 192 valence electrons.